The molecular formula is C9H11BO. The maximum Gasteiger partial charge on any atom is 0.323 e. The molecule has 2 rings (SSSR count). The van der Waals surface area contributed by atoms with Crippen LogP contribution in [0.2, 0.25) is 6.32 Å². The molecule has 0 saturated carbocycles. The fourth-order valence-corrected chi connectivity index (χ4v) is 1.73. The molecule has 0 amide bonds. The van der Waals surface area contributed by atoms with Gasteiger partial charge in [0.15, 0.2) is 0 Å². The summed E-state index contributed by atoms with van der Waals surface area (Å²) in [4.78, 5) is 0. The zero-order valence-electron chi connectivity index (χ0n) is 6.46. The second-order valence-corrected chi connectivity index (χ2v) is 3.11. The van der Waals surface area contributed by atoms with E-state index in [2.05, 4.69) is 6.07 Å². The van der Waals surface area contributed by atoms with E-state index in [1.807, 2.05) is 18.2 Å². The van der Waals surface area contributed by atoms with E-state index in [4.69, 9.17) is 0 Å². The highest BCUT2D eigenvalue weighted by Gasteiger charge is 2.20. The molecule has 0 bridgehead atoms. The Balaban J connectivity index is 2.44. The fourth-order valence-electron chi connectivity index (χ4n) is 1.73. The van der Waals surface area contributed by atoms with Gasteiger partial charge in [0.05, 0.1) is 0 Å². The van der Waals surface area contributed by atoms with Gasteiger partial charge in [0, 0.05) is 0 Å². The molecular weight excluding hydrogens is 135 g/mol. The summed E-state index contributed by atoms with van der Waals surface area (Å²) >= 11 is 0. The van der Waals surface area contributed by atoms with Crippen LogP contribution >= 0.6 is 0 Å². The molecule has 1 aromatic carbocycles. The molecule has 1 aliphatic rings. The Hall–Kier alpha value is -0.755. The Bertz CT molecular complexity index is 259. The van der Waals surface area contributed by atoms with Gasteiger partial charge in [-0.25, -0.2) is 0 Å². The Labute approximate surface area is 67.2 Å². The molecule has 11 heavy (non-hydrogen) atoms. The van der Waals surface area contributed by atoms with Gasteiger partial charge in [-0.2, -0.15) is 0 Å². The quantitative estimate of drug-likeness (QED) is 0.537. The third kappa shape index (κ3) is 1.18. The van der Waals surface area contributed by atoms with Crippen LogP contribution in [0.15, 0.2) is 24.3 Å². The van der Waals surface area contributed by atoms with E-state index in [0.717, 1.165) is 24.6 Å². The second-order valence-electron chi connectivity index (χ2n) is 3.11. The molecule has 1 nitrogen and oxygen atoms in total. The SMILES string of the molecule is OB1CCCc2ccccc21. The smallest absolute Gasteiger partial charge is 0.323 e. The van der Waals surface area contributed by atoms with Crippen LogP contribution in [0.25, 0.3) is 0 Å². The van der Waals surface area contributed by atoms with Crippen molar-refractivity contribution in [3.8, 4) is 0 Å². The number of rotatable bonds is 0. The fraction of sp³-hybridized carbons (Fsp3) is 0.333. The Kier molecular flexibility index (Phi) is 1.70. The minimum atomic E-state index is -0.208. The average Bonchev–Trinajstić information content (AvgIpc) is 2.06. The molecule has 1 aliphatic heterocycles. The van der Waals surface area contributed by atoms with Gasteiger partial charge in [0.1, 0.15) is 0 Å². The van der Waals surface area contributed by atoms with Crippen LogP contribution < -0.4 is 5.46 Å². The van der Waals surface area contributed by atoms with Crippen molar-refractivity contribution in [1.29, 1.82) is 0 Å². The highest BCUT2D eigenvalue weighted by molar-refractivity contribution is 6.66. The van der Waals surface area contributed by atoms with Crippen molar-refractivity contribution >= 4 is 12.4 Å². The van der Waals surface area contributed by atoms with Gasteiger partial charge in [-0.15, -0.1) is 0 Å². The van der Waals surface area contributed by atoms with Gasteiger partial charge >= 0.3 is 6.92 Å². The first-order valence-electron chi connectivity index (χ1n) is 4.14. The van der Waals surface area contributed by atoms with Crippen LogP contribution in [-0.2, 0) is 6.42 Å². The standard InChI is InChI=1S/C9H11BO/c11-10-7-3-5-8-4-1-2-6-9(8)10/h1-2,4,6,11H,3,5,7H2. The number of hydrogen-bond donors (Lipinski definition) is 1. The zero-order chi connectivity index (χ0) is 7.68. The van der Waals surface area contributed by atoms with Crippen molar-refractivity contribution in [3.05, 3.63) is 29.8 Å². The summed E-state index contributed by atoms with van der Waals surface area (Å²) in [5, 5.41) is 9.56. The lowest BCUT2D eigenvalue weighted by Crippen LogP contribution is -2.36. The minimum absolute atomic E-state index is 0.208. The third-order valence-electron chi connectivity index (χ3n) is 2.34. The van der Waals surface area contributed by atoms with Crippen LogP contribution in [0.3, 0.4) is 0 Å². The van der Waals surface area contributed by atoms with E-state index >= 15 is 0 Å². The molecule has 0 saturated heterocycles. The van der Waals surface area contributed by atoms with E-state index < -0.39 is 0 Å². The van der Waals surface area contributed by atoms with Crippen molar-refractivity contribution in [1.82, 2.24) is 0 Å². The van der Waals surface area contributed by atoms with Gasteiger partial charge in [0.25, 0.3) is 0 Å². The van der Waals surface area contributed by atoms with Crippen molar-refractivity contribution in [2.24, 2.45) is 0 Å². The number of hydrogen-bond acceptors (Lipinski definition) is 1. The molecule has 0 spiro atoms. The lowest BCUT2D eigenvalue weighted by molar-refractivity contribution is 0.574. The van der Waals surface area contributed by atoms with Crippen LogP contribution in [0.4, 0.5) is 0 Å². The van der Waals surface area contributed by atoms with Gasteiger partial charge in [0.2, 0.25) is 0 Å². The van der Waals surface area contributed by atoms with Gasteiger partial charge in [-0.05, 0) is 18.2 Å². The highest BCUT2D eigenvalue weighted by atomic mass is 16.2. The summed E-state index contributed by atoms with van der Waals surface area (Å²) in [5.41, 5.74) is 2.46. The predicted molar refractivity (Wildman–Crippen MR) is 47.2 cm³/mol. The van der Waals surface area contributed by atoms with Crippen molar-refractivity contribution < 1.29 is 5.02 Å². The number of aryl methyl sites for hydroxylation is 1. The molecule has 0 unspecified atom stereocenters. The molecule has 1 N–H and O–H groups in total. The predicted octanol–water partition coefficient (Wildman–Crippen LogP) is 0.824. The highest BCUT2D eigenvalue weighted by Crippen LogP contribution is 2.12. The van der Waals surface area contributed by atoms with Crippen molar-refractivity contribution in [2.75, 3.05) is 0 Å². The first kappa shape index (κ1) is 6.92. The molecule has 0 aliphatic carbocycles. The van der Waals surface area contributed by atoms with E-state index in [-0.39, 0.29) is 6.92 Å². The summed E-state index contributed by atoms with van der Waals surface area (Å²) < 4.78 is 0. The third-order valence-corrected chi connectivity index (χ3v) is 2.34. The van der Waals surface area contributed by atoms with Crippen LogP contribution in [0, 0.1) is 0 Å². The molecule has 0 atom stereocenters. The molecule has 1 aromatic rings. The lowest BCUT2D eigenvalue weighted by atomic mass is 9.53. The Morgan fingerprint density at radius 2 is 2.09 bits per heavy atom. The monoisotopic (exact) mass is 146 g/mol. The maximum atomic E-state index is 9.56. The van der Waals surface area contributed by atoms with E-state index in [0.29, 0.717) is 0 Å². The minimum Gasteiger partial charge on any atom is -0.446 e. The van der Waals surface area contributed by atoms with Crippen molar-refractivity contribution in [2.45, 2.75) is 19.2 Å². The van der Waals surface area contributed by atoms with Gasteiger partial charge in [-0.3, -0.25) is 0 Å². The molecule has 1 heterocycles. The largest absolute Gasteiger partial charge is 0.446 e. The lowest BCUT2D eigenvalue weighted by Gasteiger charge is -2.17. The normalized spacial score (nSPS) is 16.3. The number of benzene rings is 1. The maximum absolute atomic E-state index is 9.56. The first-order chi connectivity index (χ1) is 5.38. The average molecular weight is 146 g/mol. The Morgan fingerprint density at radius 3 is 2.91 bits per heavy atom. The van der Waals surface area contributed by atoms with Gasteiger partial charge < -0.3 is 5.02 Å². The first-order valence-corrected chi connectivity index (χ1v) is 4.14. The van der Waals surface area contributed by atoms with Crippen molar-refractivity contribution in [3.63, 3.8) is 0 Å². The van der Waals surface area contributed by atoms with E-state index in [1.54, 1.807) is 0 Å². The van der Waals surface area contributed by atoms with Crippen LogP contribution in [0.5, 0.6) is 0 Å². The van der Waals surface area contributed by atoms with E-state index in [9.17, 15) is 5.02 Å². The summed E-state index contributed by atoms with van der Waals surface area (Å²) in [5.74, 6) is 0. The summed E-state index contributed by atoms with van der Waals surface area (Å²) in [6.45, 7) is -0.208. The van der Waals surface area contributed by atoms with Crippen LogP contribution in [-0.4, -0.2) is 11.9 Å². The molecule has 0 aromatic heterocycles. The molecule has 0 fully saturated rings. The Morgan fingerprint density at radius 1 is 1.27 bits per heavy atom. The summed E-state index contributed by atoms with van der Waals surface area (Å²) in [6, 6.07) is 8.17. The second kappa shape index (κ2) is 2.70. The topological polar surface area (TPSA) is 20.2 Å². The molecule has 56 valence electrons. The number of fused-ring (bicyclic) bond motifs is 1. The van der Waals surface area contributed by atoms with Gasteiger partial charge in [-0.1, -0.05) is 36.2 Å². The molecule has 2 heteroatoms. The van der Waals surface area contributed by atoms with Crippen LogP contribution in [0.1, 0.15) is 12.0 Å². The summed E-state index contributed by atoms with van der Waals surface area (Å²) in [6.07, 6.45) is 3.18. The zero-order valence-corrected chi connectivity index (χ0v) is 6.46. The van der Waals surface area contributed by atoms with E-state index in [1.165, 1.54) is 5.56 Å². The molecule has 0 radical (unpaired) electrons. The summed E-state index contributed by atoms with van der Waals surface area (Å²) in [7, 11) is 0.